The van der Waals surface area contributed by atoms with Crippen molar-refractivity contribution in [3.8, 4) is 16.4 Å². The van der Waals surface area contributed by atoms with Crippen molar-refractivity contribution in [2.75, 3.05) is 0 Å². The van der Waals surface area contributed by atoms with Gasteiger partial charge in [0.05, 0.1) is 16.8 Å². The van der Waals surface area contributed by atoms with E-state index in [0.29, 0.717) is 17.0 Å². The first-order valence-corrected chi connectivity index (χ1v) is 12.4. The van der Waals surface area contributed by atoms with Crippen molar-refractivity contribution in [2.45, 2.75) is 0 Å². The summed E-state index contributed by atoms with van der Waals surface area (Å²) in [6.45, 7) is 0. The van der Waals surface area contributed by atoms with Crippen molar-refractivity contribution in [1.29, 1.82) is 0 Å². The van der Waals surface area contributed by atoms with Gasteiger partial charge in [0.15, 0.2) is 22.3 Å². The molecule has 0 unspecified atom stereocenters. The fourth-order valence-corrected chi connectivity index (χ4v) is 5.60. The molecule has 0 aliphatic heterocycles. The van der Waals surface area contributed by atoms with E-state index in [4.69, 9.17) is 4.98 Å². The molecule has 0 N–H and O–H groups in total. The number of aryl methyl sites for hydroxylation is 1. The highest BCUT2D eigenvalue weighted by Gasteiger charge is 2.34. The van der Waals surface area contributed by atoms with E-state index in [1.807, 2.05) is 76.2 Å². The van der Waals surface area contributed by atoms with E-state index < -0.39 is 0 Å². The zero-order valence-electron chi connectivity index (χ0n) is 19.2. The maximum Gasteiger partial charge on any atom is 0.197 e. The standard InChI is InChI=1S/C29H18N4O2S/c1-32-23(17-7-3-2-4-8-17)16-24-28(32)31-25(33(24)29-30-11-12-36-29)15-22-26(34)20-13-18-9-5-6-10-19(18)14-21(20)27(22)35/h2-16H,1H3. The largest absolute Gasteiger partial charge is 0.327 e. The van der Waals surface area contributed by atoms with E-state index in [2.05, 4.69) is 23.2 Å². The monoisotopic (exact) mass is 486 g/mol. The molecule has 0 bridgehead atoms. The Kier molecular flexibility index (Phi) is 4.43. The lowest BCUT2D eigenvalue weighted by molar-refractivity contribution is 0.0990. The van der Waals surface area contributed by atoms with Crippen LogP contribution in [0.1, 0.15) is 26.5 Å². The van der Waals surface area contributed by atoms with E-state index in [9.17, 15) is 9.59 Å². The molecule has 1 aliphatic carbocycles. The Balaban J connectivity index is 1.42. The number of fused-ring (bicyclic) bond motifs is 3. The number of carbonyl (C=O) groups excluding carboxylic acids is 2. The molecule has 3 aromatic heterocycles. The van der Waals surface area contributed by atoms with Crippen LogP contribution in [-0.2, 0) is 7.05 Å². The van der Waals surface area contributed by atoms with Gasteiger partial charge in [-0.2, -0.15) is 0 Å². The number of rotatable bonds is 3. The van der Waals surface area contributed by atoms with Crippen molar-refractivity contribution < 1.29 is 9.59 Å². The predicted octanol–water partition coefficient (Wildman–Crippen LogP) is 6.10. The van der Waals surface area contributed by atoms with Crippen molar-refractivity contribution >= 4 is 50.9 Å². The van der Waals surface area contributed by atoms with E-state index in [1.54, 1.807) is 12.3 Å². The molecule has 7 rings (SSSR count). The number of carbonyl (C=O) groups is 2. The number of allylic oxidation sites excluding steroid dienone is 1. The molecule has 3 heterocycles. The number of nitrogens with zero attached hydrogens (tertiary/aromatic N) is 4. The Bertz CT molecular complexity index is 1820. The second-order valence-electron chi connectivity index (χ2n) is 8.74. The summed E-state index contributed by atoms with van der Waals surface area (Å²) in [5.74, 6) is -0.0498. The van der Waals surface area contributed by atoms with Crippen LogP contribution in [0.2, 0.25) is 0 Å². The molecule has 172 valence electrons. The molecule has 0 saturated carbocycles. The van der Waals surface area contributed by atoms with Gasteiger partial charge in [0.25, 0.3) is 0 Å². The van der Waals surface area contributed by atoms with Crippen LogP contribution in [0.25, 0.3) is 44.4 Å². The summed E-state index contributed by atoms with van der Waals surface area (Å²) in [7, 11) is 1.97. The molecule has 6 aromatic rings. The number of aromatic nitrogens is 4. The first kappa shape index (κ1) is 20.7. The topological polar surface area (TPSA) is 69.8 Å². The van der Waals surface area contributed by atoms with Crippen molar-refractivity contribution in [1.82, 2.24) is 19.1 Å². The van der Waals surface area contributed by atoms with Crippen LogP contribution >= 0.6 is 11.3 Å². The molecule has 0 atom stereocenters. The Morgan fingerprint density at radius 2 is 1.53 bits per heavy atom. The SMILES string of the molecule is Cn1c(-c2ccccc2)cc2c1nc(C=C1C(=O)c3cc4ccccc4cc3C1=O)n2-c1nccs1. The first-order valence-electron chi connectivity index (χ1n) is 11.5. The lowest BCUT2D eigenvalue weighted by atomic mass is 10.0. The van der Waals surface area contributed by atoms with Gasteiger partial charge in [-0.05, 0) is 40.6 Å². The molecule has 0 radical (unpaired) electrons. The van der Waals surface area contributed by atoms with Gasteiger partial charge in [-0.15, -0.1) is 11.3 Å². The summed E-state index contributed by atoms with van der Waals surface area (Å²) in [5, 5.41) is 4.48. The van der Waals surface area contributed by atoms with Crippen LogP contribution in [-0.4, -0.2) is 30.7 Å². The number of ketones is 2. The number of Topliss-reactive ketones (excluding diaryl/α,β-unsaturated/α-hetero) is 2. The van der Waals surface area contributed by atoms with Crippen LogP contribution < -0.4 is 0 Å². The first-order chi connectivity index (χ1) is 17.6. The molecule has 36 heavy (non-hydrogen) atoms. The van der Waals surface area contributed by atoms with Gasteiger partial charge in [-0.3, -0.25) is 14.2 Å². The summed E-state index contributed by atoms with van der Waals surface area (Å²) in [4.78, 5) is 36.1. The summed E-state index contributed by atoms with van der Waals surface area (Å²) in [6, 6.07) is 23.5. The minimum atomic E-state index is -0.275. The molecule has 0 spiro atoms. The van der Waals surface area contributed by atoms with Gasteiger partial charge in [-0.25, -0.2) is 9.97 Å². The van der Waals surface area contributed by atoms with E-state index in [0.717, 1.165) is 38.3 Å². The minimum Gasteiger partial charge on any atom is -0.327 e. The van der Waals surface area contributed by atoms with E-state index >= 15 is 0 Å². The lowest BCUT2D eigenvalue weighted by Crippen LogP contribution is -2.03. The van der Waals surface area contributed by atoms with Crippen molar-refractivity contribution in [3.63, 3.8) is 0 Å². The molecule has 0 saturated heterocycles. The molecule has 0 amide bonds. The average molecular weight is 487 g/mol. The zero-order chi connectivity index (χ0) is 24.4. The second-order valence-corrected chi connectivity index (χ2v) is 9.62. The molecule has 0 fully saturated rings. The Morgan fingerprint density at radius 1 is 0.861 bits per heavy atom. The van der Waals surface area contributed by atoms with Gasteiger partial charge in [0.2, 0.25) is 0 Å². The quantitative estimate of drug-likeness (QED) is 0.224. The van der Waals surface area contributed by atoms with E-state index in [-0.39, 0.29) is 17.1 Å². The smallest absolute Gasteiger partial charge is 0.197 e. The Morgan fingerprint density at radius 3 is 2.17 bits per heavy atom. The van der Waals surface area contributed by atoms with Gasteiger partial charge in [0.1, 0.15) is 5.82 Å². The number of hydrogen-bond acceptors (Lipinski definition) is 5. The third kappa shape index (κ3) is 2.96. The summed E-state index contributed by atoms with van der Waals surface area (Å²) >= 11 is 1.47. The van der Waals surface area contributed by atoms with Gasteiger partial charge < -0.3 is 4.57 Å². The highest BCUT2D eigenvalue weighted by Crippen LogP contribution is 2.34. The minimum absolute atomic E-state index is 0.122. The van der Waals surface area contributed by atoms with E-state index in [1.165, 1.54) is 11.3 Å². The second kappa shape index (κ2) is 7.69. The number of benzene rings is 3. The summed E-state index contributed by atoms with van der Waals surface area (Å²) in [5.41, 5.74) is 4.70. The number of hydrogen-bond donors (Lipinski definition) is 0. The average Bonchev–Trinajstić information content (AvgIpc) is 3.66. The molecule has 6 nitrogen and oxygen atoms in total. The van der Waals surface area contributed by atoms with Gasteiger partial charge in [0, 0.05) is 29.8 Å². The molecule has 1 aliphatic rings. The third-order valence-corrected chi connectivity index (χ3v) is 7.45. The van der Waals surface area contributed by atoms with Crippen molar-refractivity contribution in [2.24, 2.45) is 7.05 Å². The maximum atomic E-state index is 13.4. The predicted molar refractivity (Wildman–Crippen MR) is 142 cm³/mol. The molecule has 3 aromatic carbocycles. The van der Waals surface area contributed by atoms with Gasteiger partial charge in [-0.1, -0.05) is 54.6 Å². The highest BCUT2D eigenvalue weighted by atomic mass is 32.1. The van der Waals surface area contributed by atoms with Crippen LogP contribution in [0.15, 0.2) is 89.9 Å². The van der Waals surface area contributed by atoms with Crippen LogP contribution in [0.4, 0.5) is 0 Å². The zero-order valence-corrected chi connectivity index (χ0v) is 20.0. The highest BCUT2D eigenvalue weighted by molar-refractivity contribution is 7.12. The Labute approximate surface area is 209 Å². The summed E-state index contributed by atoms with van der Waals surface area (Å²) in [6.07, 6.45) is 3.34. The Hall–Kier alpha value is -4.62. The van der Waals surface area contributed by atoms with Crippen molar-refractivity contribution in [3.05, 3.63) is 107 Å². The van der Waals surface area contributed by atoms with Crippen LogP contribution in [0, 0.1) is 0 Å². The maximum absolute atomic E-state index is 13.4. The number of thiazole rings is 1. The third-order valence-electron chi connectivity index (χ3n) is 6.69. The fourth-order valence-electron chi connectivity index (χ4n) is 4.94. The lowest BCUT2D eigenvalue weighted by Gasteiger charge is -2.04. The number of imidazole rings is 1. The molecule has 7 heteroatoms. The normalized spacial score (nSPS) is 13.2. The molecular formula is C29H18N4O2S. The fraction of sp³-hybridized carbons (Fsp3) is 0.0345. The molecular weight excluding hydrogens is 468 g/mol. The van der Waals surface area contributed by atoms with Crippen LogP contribution in [0.3, 0.4) is 0 Å². The van der Waals surface area contributed by atoms with Crippen LogP contribution in [0.5, 0.6) is 0 Å². The van der Waals surface area contributed by atoms with Gasteiger partial charge >= 0.3 is 0 Å². The summed E-state index contributed by atoms with van der Waals surface area (Å²) < 4.78 is 3.94.